The van der Waals surface area contributed by atoms with Gasteiger partial charge in [-0.3, -0.25) is 4.21 Å². The molecule has 3 atom stereocenters. The predicted octanol–water partition coefficient (Wildman–Crippen LogP) is 2.30. The molecule has 0 aromatic heterocycles. The first-order valence-electron chi connectivity index (χ1n) is 5.97. The molecule has 3 unspecified atom stereocenters. The van der Waals surface area contributed by atoms with Crippen LogP contribution in [0.25, 0.3) is 0 Å². The Morgan fingerprint density at radius 3 is 2.60 bits per heavy atom. The quantitative estimate of drug-likeness (QED) is 0.810. The third-order valence-electron chi connectivity index (χ3n) is 3.45. The van der Waals surface area contributed by atoms with E-state index in [1.165, 1.54) is 12.8 Å². The van der Waals surface area contributed by atoms with Gasteiger partial charge in [-0.2, -0.15) is 0 Å². The maximum atomic E-state index is 12.1. The van der Waals surface area contributed by atoms with Crippen LogP contribution in [0.2, 0.25) is 0 Å². The van der Waals surface area contributed by atoms with Crippen LogP contribution in [0.1, 0.15) is 47.0 Å². The molecule has 1 rings (SSSR count). The molecule has 1 aliphatic rings. The highest BCUT2D eigenvalue weighted by Gasteiger charge is 2.39. The van der Waals surface area contributed by atoms with Crippen LogP contribution in [-0.4, -0.2) is 21.3 Å². The van der Waals surface area contributed by atoms with Gasteiger partial charge >= 0.3 is 0 Å². The topological polar surface area (TPSA) is 43.1 Å². The molecule has 0 heterocycles. The van der Waals surface area contributed by atoms with Crippen LogP contribution in [-0.2, 0) is 10.8 Å². The summed E-state index contributed by atoms with van der Waals surface area (Å²) in [6.45, 7) is 8.65. The van der Waals surface area contributed by atoms with Gasteiger partial charge < -0.3 is 5.73 Å². The number of nitrogens with two attached hydrogens (primary N) is 1. The molecule has 1 aliphatic carbocycles. The van der Waals surface area contributed by atoms with Crippen molar-refractivity contribution in [2.45, 2.75) is 58.2 Å². The van der Waals surface area contributed by atoms with Gasteiger partial charge in [-0.15, -0.1) is 0 Å². The zero-order valence-corrected chi connectivity index (χ0v) is 11.3. The molecule has 0 spiro atoms. The van der Waals surface area contributed by atoms with Gasteiger partial charge in [-0.1, -0.05) is 34.1 Å². The van der Waals surface area contributed by atoms with E-state index in [1.54, 1.807) is 0 Å². The van der Waals surface area contributed by atoms with Crippen LogP contribution in [0, 0.1) is 11.3 Å². The normalized spacial score (nSPS) is 32.9. The molecule has 0 radical (unpaired) electrons. The van der Waals surface area contributed by atoms with Crippen molar-refractivity contribution < 1.29 is 4.21 Å². The summed E-state index contributed by atoms with van der Waals surface area (Å²) in [5.74, 6) is 1.30. The Hall–Kier alpha value is 0.110. The number of rotatable bonds is 3. The molecular formula is C12H25NOS. The van der Waals surface area contributed by atoms with E-state index in [9.17, 15) is 4.21 Å². The fourth-order valence-corrected chi connectivity index (χ4v) is 4.38. The van der Waals surface area contributed by atoms with E-state index in [0.29, 0.717) is 5.92 Å². The summed E-state index contributed by atoms with van der Waals surface area (Å²) >= 11 is 0. The minimum Gasteiger partial charge on any atom is -0.326 e. The molecule has 0 amide bonds. The Morgan fingerprint density at radius 2 is 2.07 bits per heavy atom. The summed E-state index contributed by atoms with van der Waals surface area (Å²) in [6, 6.07) is 0.103. The number of hydrogen-bond donors (Lipinski definition) is 1. The maximum Gasteiger partial charge on any atom is 0.0504 e. The predicted molar refractivity (Wildman–Crippen MR) is 67.2 cm³/mol. The van der Waals surface area contributed by atoms with Crippen molar-refractivity contribution in [1.82, 2.24) is 0 Å². The molecule has 1 fully saturated rings. The van der Waals surface area contributed by atoms with Gasteiger partial charge in [0.15, 0.2) is 0 Å². The van der Waals surface area contributed by atoms with Crippen LogP contribution in [0.15, 0.2) is 0 Å². The third-order valence-corrected chi connectivity index (χ3v) is 5.65. The van der Waals surface area contributed by atoms with Gasteiger partial charge in [0.1, 0.15) is 0 Å². The molecule has 2 nitrogen and oxygen atoms in total. The Labute approximate surface area is 96.5 Å². The summed E-state index contributed by atoms with van der Waals surface area (Å²) in [4.78, 5) is 0. The van der Waals surface area contributed by atoms with Crippen molar-refractivity contribution in [2.24, 2.45) is 17.1 Å². The van der Waals surface area contributed by atoms with E-state index in [-0.39, 0.29) is 16.7 Å². The average Bonchev–Trinajstić information content (AvgIpc) is 2.08. The largest absolute Gasteiger partial charge is 0.326 e. The van der Waals surface area contributed by atoms with Crippen LogP contribution >= 0.6 is 0 Å². The fourth-order valence-electron chi connectivity index (χ4n) is 2.36. The van der Waals surface area contributed by atoms with E-state index in [1.807, 2.05) is 0 Å². The average molecular weight is 231 g/mol. The van der Waals surface area contributed by atoms with E-state index in [0.717, 1.165) is 12.2 Å². The molecule has 3 heteroatoms. The van der Waals surface area contributed by atoms with Crippen molar-refractivity contribution >= 4 is 10.8 Å². The lowest BCUT2D eigenvalue weighted by molar-refractivity contribution is 0.206. The van der Waals surface area contributed by atoms with Crippen LogP contribution in [0.5, 0.6) is 0 Å². The first kappa shape index (κ1) is 13.2. The monoisotopic (exact) mass is 231 g/mol. The van der Waals surface area contributed by atoms with Crippen molar-refractivity contribution in [2.75, 3.05) is 5.75 Å². The van der Waals surface area contributed by atoms with E-state index in [2.05, 4.69) is 27.7 Å². The van der Waals surface area contributed by atoms with Gasteiger partial charge in [0.2, 0.25) is 0 Å². The molecule has 2 N–H and O–H groups in total. The standard InChI is InChI=1S/C12H25NOS/c1-9(2)8-15(14)10-6-5-7-12(3,4)11(10)13/h9-11H,5-8,13H2,1-4H3. The third kappa shape index (κ3) is 3.28. The molecule has 0 aromatic carbocycles. The van der Waals surface area contributed by atoms with Gasteiger partial charge in [-0.25, -0.2) is 0 Å². The smallest absolute Gasteiger partial charge is 0.0504 e. The van der Waals surface area contributed by atoms with Gasteiger partial charge in [0, 0.05) is 22.6 Å². The lowest BCUT2D eigenvalue weighted by Crippen LogP contribution is -2.51. The molecule has 15 heavy (non-hydrogen) atoms. The summed E-state index contributed by atoms with van der Waals surface area (Å²) in [6.07, 6.45) is 3.39. The first-order chi connectivity index (χ1) is 6.84. The van der Waals surface area contributed by atoms with Crippen molar-refractivity contribution in [1.29, 1.82) is 0 Å². The Bertz CT molecular complexity index is 238. The van der Waals surface area contributed by atoms with Crippen LogP contribution in [0.4, 0.5) is 0 Å². The van der Waals surface area contributed by atoms with Gasteiger partial charge in [-0.05, 0) is 24.2 Å². The summed E-state index contributed by atoms with van der Waals surface area (Å²) in [5.41, 5.74) is 6.40. The molecule has 90 valence electrons. The minimum absolute atomic E-state index is 0.103. The summed E-state index contributed by atoms with van der Waals surface area (Å²) < 4.78 is 12.1. The Balaban J connectivity index is 2.65. The van der Waals surface area contributed by atoms with Crippen LogP contribution < -0.4 is 5.73 Å². The highest BCUT2D eigenvalue weighted by molar-refractivity contribution is 7.85. The fraction of sp³-hybridized carbons (Fsp3) is 1.00. The molecule has 0 aromatic rings. The van der Waals surface area contributed by atoms with Crippen LogP contribution in [0.3, 0.4) is 0 Å². The lowest BCUT2D eigenvalue weighted by atomic mass is 9.73. The summed E-state index contributed by atoms with van der Waals surface area (Å²) in [5, 5.41) is 0.219. The summed E-state index contributed by atoms with van der Waals surface area (Å²) in [7, 11) is -0.738. The maximum absolute atomic E-state index is 12.1. The Kier molecular flexibility index (Phi) is 4.36. The highest BCUT2D eigenvalue weighted by atomic mass is 32.2. The molecule has 0 bridgehead atoms. The second kappa shape index (κ2) is 4.96. The first-order valence-corrected chi connectivity index (χ1v) is 7.35. The van der Waals surface area contributed by atoms with E-state index in [4.69, 9.17) is 5.73 Å². The van der Waals surface area contributed by atoms with Crippen molar-refractivity contribution in [3.63, 3.8) is 0 Å². The van der Waals surface area contributed by atoms with Crippen molar-refractivity contribution in [3.05, 3.63) is 0 Å². The second-order valence-corrected chi connectivity index (χ2v) is 7.59. The SMILES string of the molecule is CC(C)CS(=O)C1CCCC(C)(C)C1N. The minimum atomic E-state index is -0.738. The highest BCUT2D eigenvalue weighted by Crippen LogP contribution is 2.36. The molecular weight excluding hydrogens is 206 g/mol. The van der Waals surface area contributed by atoms with Crippen molar-refractivity contribution in [3.8, 4) is 0 Å². The zero-order valence-electron chi connectivity index (χ0n) is 10.5. The van der Waals surface area contributed by atoms with Gasteiger partial charge in [0.25, 0.3) is 0 Å². The molecule has 0 saturated heterocycles. The molecule has 0 aliphatic heterocycles. The van der Waals surface area contributed by atoms with Gasteiger partial charge in [0.05, 0.1) is 5.25 Å². The molecule has 1 saturated carbocycles. The van der Waals surface area contributed by atoms with E-state index < -0.39 is 10.8 Å². The van der Waals surface area contributed by atoms with E-state index >= 15 is 0 Å². The second-order valence-electron chi connectivity index (χ2n) is 5.89. The lowest BCUT2D eigenvalue weighted by Gasteiger charge is -2.41. The Morgan fingerprint density at radius 1 is 1.47 bits per heavy atom. The number of hydrogen-bond acceptors (Lipinski definition) is 2. The zero-order chi connectivity index (χ0) is 11.6.